The van der Waals surface area contributed by atoms with E-state index in [9.17, 15) is 13.0 Å². The molecule has 4 nitrogen and oxygen atoms in total. The van der Waals surface area contributed by atoms with E-state index in [0.29, 0.717) is 12.8 Å². The normalized spacial score (nSPS) is 13.1. The van der Waals surface area contributed by atoms with Gasteiger partial charge in [-0.05, 0) is 12.8 Å². The van der Waals surface area contributed by atoms with Crippen molar-refractivity contribution >= 4 is 10.4 Å². The molecule has 0 saturated heterocycles. The molecule has 0 radical (unpaired) electrons. The Hall–Kier alpha value is 0.467. The average Bonchev–Trinajstić information content (AvgIpc) is 2.21. The molecule has 18 heavy (non-hydrogen) atoms. The van der Waals surface area contributed by atoms with Crippen molar-refractivity contribution in [1.29, 1.82) is 0 Å². The SMILES string of the molecule is CCCCCCCCC(CCC)OS(=O)(=O)[O-].[Li+]. The second kappa shape index (κ2) is 12.5. The monoisotopic (exact) mass is 272 g/mol. The van der Waals surface area contributed by atoms with Crippen LogP contribution in [-0.2, 0) is 14.6 Å². The number of hydrogen-bond acceptors (Lipinski definition) is 4. The molecule has 0 N–H and O–H groups in total. The molecule has 104 valence electrons. The maximum Gasteiger partial charge on any atom is 1.00 e. The van der Waals surface area contributed by atoms with Crippen molar-refractivity contribution in [3.63, 3.8) is 0 Å². The molecule has 6 heteroatoms. The van der Waals surface area contributed by atoms with Gasteiger partial charge in [0.15, 0.2) is 0 Å². The average molecular weight is 272 g/mol. The van der Waals surface area contributed by atoms with Crippen LogP contribution >= 0.6 is 0 Å². The zero-order valence-corrected chi connectivity index (χ0v) is 12.8. The summed E-state index contributed by atoms with van der Waals surface area (Å²) in [6.07, 6.45) is 8.61. The third-order valence-electron chi connectivity index (χ3n) is 2.74. The Morgan fingerprint density at radius 1 is 0.944 bits per heavy atom. The predicted octanol–water partition coefficient (Wildman–Crippen LogP) is 0.387. The quantitative estimate of drug-likeness (QED) is 0.236. The van der Waals surface area contributed by atoms with E-state index in [1.807, 2.05) is 6.92 Å². The van der Waals surface area contributed by atoms with Gasteiger partial charge in [0.05, 0.1) is 6.10 Å². The smallest absolute Gasteiger partial charge is 0.726 e. The Labute approximate surface area is 124 Å². The summed E-state index contributed by atoms with van der Waals surface area (Å²) in [5.74, 6) is 0. The minimum absolute atomic E-state index is 0. The van der Waals surface area contributed by atoms with Crippen molar-refractivity contribution in [3.05, 3.63) is 0 Å². The summed E-state index contributed by atoms with van der Waals surface area (Å²) in [5, 5.41) is 0. The van der Waals surface area contributed by atoms with Crippen molar-refractivity contribution in [2.75, 3.05) is 0 Å². The van der Waals surface area contributed by atoms with Crippen molar-refractivity contribution in [2.24, 2.45) is 0 Å². The van der Waals surface area contributed by atoms with Crippen LogP contribution in [0.2, 0.25) is 0 Å². The van der Waals surface area contributed by atoms with Crippen LogP contribution in [-0.4, -0.2) is 19.1 Å². The summed E-state index contributed by atoms with van der Waals surface area (Å²) in [5.41, 5.74) is 0. The fourth-order valence-electron chi connectivity index (χ4n) is 1.88. The van der Waals surface area contributed by atoms with Crippen molar-refractivity contribution < 1.29 is 36.0 Å². The Kier molecular flexibility index (Phi) is 14.4. The van der Waals surface area contributed by atoms with E-state index in [1.54, 1.807) is 0 Å². The van der Waals surface area contributed by atoms with E-state index < -0.39 is 16.5 Å². The fraction of sp³-hybridized carbons (Fsp3) is 1.00. The molecule has 0 saturated carbocycles. The van der Waals surface area contributed by atoms with Gasteiger partial charge in [-0.15, -0.1) is 0 Å². The third-order valence-corrected chi connectivity index (χ3v) is 3.25. The molecule has 0 bridgehead atoms. The van der Waals surface area contributed by atoms with Crippen LogP contribution < -0.4 is 18.9 Å². The van der Waals surface area contributed by atoms with E-state index in [4.69, 9.17) is 0 Å². The summed E-state index contributed by atoms with van der Waals surface area (Å²) in [6.45, 7) is 4.12. The molecule has 0 spiro atoms. The van der Waals surface area contributed by atoms with Crippen molar-refractivity contribution in [2.45, 2.75) is 77.7 Å². The van der Waals surface area contributed by atoms with E-state index in [2.05, 4.69) is 11.1 Å². The van der Waals surface area contributed by atoms with Crippen LogP contribution in [0.4, 0.5) is 0 Å². The van der Waals surface area contributed by atoms with Gasteiger partial charge in [0.2, 0.25) is 10.4 Å². The van der Waals surface area contributed by atoms with Gasteiger partial charge >= 0.3 is 18.9 Å². The van der Waals surface area contributed by atoms with E-state index >= 15 is 0 Å². The van der Waals surface area contributed by atoms with Crippen LogP contribution in [0.1, 0.15) is 71.6 Å². The maximum atomic E-state index is 10.5. The molecule has 0 aromatic heterocycles. The molecule has 1 atom stereocenters. The maximum absolute atomic E-state index is 10.5. The van der Waals surface area contributed by atoms with E-state index in [0.717, 1.165) is 19.3 Å². The van der Waals surface area contributed by atoms with Gasteiger partial charge in [-0.1, -0.05) is 58.8 Å². The van der Waals surface area contributed by atoms with Crippen molar-refractivity contribution in [3.8, 4) is 0 Å². The zero-order chi connectivity index (χ0) is 13.1. The van der Waals surface area contributed by atoms with Crippen LogP contribution in [0.3, 0.4) is 0 Å². The van der Waals surface area contributed by atoms with Gasteiger partial charge in [0.1, 0.15) is 0 Å². The van der Waals surface area contributed by atoms with Gasteiger partial charge in [-0.25, -0.2) is 8.42 Å². The van der Waals surface area contributed by atoms with E-state index in [1.165, 1.54) is 25.7 Å². The number of unbranched alkanes of at least 4 members (excludes halogenated alkanes) is 5. The van der Waals surface area contributed by atoms with E-state index in [-0.39, 0.29) is 18.9 Å². The molecule has 0 amide bonds. The first-order chi connectivity index (χ1) is 7.99. The Morgan fingerprint density at radius 3 is 2.00 bits per heavy atom. The standard InChI is InChI=1S/C12H26O4S.Li/c1-3-5-6-7-8-9-11-12(10-4-2)16-17(13,14)15;/h12H,3-11H2,1-2H3,(H,13,14,15);/q;+1/p-1. The predicted molar refractivity (Wildman–Crippen MR) is 67.5 cm³/mol. The summed E-state index contributed by atoms with van der Waals surface area (Å²) >= 11 is 0. The second-order valence-electron chi connectivity index (χ2n) is 4.47. The second-order valence-corrected chi connectivity index (χ2v) is 5.48. The molecule has 0 aliphatic rings. The molecule has 0 aliphatic heterocycles. The molecule has 0 aliphatic carbocycles. The molecule has 0 rings (SSSR count). The van der Waals surface area contributed by atoms with Crippen LogP contribution in [0.15, 0.2) is 0 Å². The minimum Gasteiger partial charge on any atom is -0.726 e. The summed E-state index contributed by atoms with van der Waals surface area (Å²) in [6, 6.07) is 0. The van der Waals surface area contributed by atoms with Crippen LogP contribution in [0, 0.1) is 0 Å². The van der Waals surface area contributed by atoms with Gasteiger partial charge in [0, 0.05) is 0 Å². The molecule has 1 unspecified atom stereocenters. The fourth-order valence-corrected chi connectivity index (χ4v) is 2.41. The van der Waals surface area contributed by atoms with Gasteiger partial charge < -0.3 is 4.55 Å². The van der Waals surface area contributed by atoms with Crippen LogP contribution in [0.25, 0.3) is 0 Å². The van der Waals surface area contributed by atoms with Gasteiger partial charge in [-0.3, -0.25) is 4.18 Å². The molecular weight excluding hydrogens is 247 g/mol. The Balaban J connectivity index is 0. The topological polar surface area (TPSA) is 66.4 Å². The first-order valence-electron chi connectivity index (χ1n) is 6.63. The third kappa shape index (κ3) is 14.5. The van der Waals surface area contributed by atoms with Crippen molar-refractivity contribution in [1.82, 2.24) is 0 Å². The summed E-state index contributed by atoms with van der Waals surface area (Å²) in [7, 11) is -4.55. The molecular formula is C12H25LiO4S. The first kappa shape index (κ1) is 20.8. The molecule has 0 heterocycles. The van der Waals surface area contributed by atoms with Gasteiger partial charge in [-0.2, -0.15) is 0 Å². The van der Waals surface area contributed by atoms with Crippen LogP contribution in [0.5, 0.6) is 0 Å². The molecule has 0 fully saturated rings. The molecule has 0 aromatic rings. The summed E-state index contributed by atoms with van der Waals surface area (Å²) < 4.78 is 36.1. The Bertz CT molecular complexity index is 267. The largest absolute Gasteiger partial charge is 1.00 e. The zero-order valence-electron chi connectivity index (χ0n) is 12.0. The molecule has 0 aromatic carbocycles. The Morgan fingerprint density at radius 2 is 1.50 bits per heavy atom. The summed E-state index contributed by atoms with van der Waals surface area (Å²) in [4.78, 5) is 0. The van der Waals surface area contributed by atoms with Gasteiger partial charge in [0.25, 0.3) is 0 Å². The number of hydrogen-bond donors (Lipinski definition) is 0. The number of rotatable bonds is 11. The first-order valence-corrected chi connectivity index (χ1v) is 7.97. The minimum atomic E-state index is -4.55.